The van der Waals surface area contributed by atoms with Gasteiger partial charge in [-0.1, -0.05) is 13.8 Å². The Morgan fingerprint density at radius 2 is 2.12 bits per heavy atom. The van der Waals surface area contributed by atoms with E-state index in [9.17, 15) is 10.1 Å². The fraction of sp³-hybridized carbons (Fsp3) is 0.632. The molecule has 3 rings (SSSR count). The van der Waals surface area contributed by atoms with Gasteiger partial charge in [0.1, 0.15) is 11.9 Å². The van der Waals surface area contributed by atoms with Crippen LogP contribution in [-0.2, 0) is 9.53 Å². The Morgan fingerprint density at radius 3 is 2.80 bits per heavy atom. The Bertz CT molecular complexity index is 647. The summed E-state index contributed by atoms with van der Waals surface area (Å²) in [5.41, 5.74) is 0.586. The standard InChI is InChI=1S/C19H26N4O2/c1-14(2)17-16(6-4-12-25-17)19(24)23-10-8-22(9-11-23)18-15(13-20)5-3-7-21-18/h3,5,7,14,16-17H,4,6,8-12H2,1-2H3. The molecule has 1 aromatic rings. The predicted octanol–water partition coefficient (Wildman–Crippen LogP) is 2.05. The van der Waals surface area contributed by atoms with Gasteiger partial charge in [0.15, 0.2) is 0 Å². The number of nitriles is 1. The minimum Gasteiger partial charge on any atom is -0.377 e. The molecule has 2 unspecified atom stereocenters. The molecule has 3 heterocycles. The van der Waals surface area contributed by atoms with Gasteiger partial charge in [0, 0.05) is 39.0 Å². The van der Waals surface area contributed by atoms with Crippen molar-refractivity contribution in [2.24, 2.45) is 11.8 Å². The van der Waals surface area contributed by atoms with Crippen molar-refractivity contribution in [3.63, 3.8) is 0 Å². The minimum atomic E-state index is -0.0233. The molecule has 0 aromatic carbocycles. The monoisotopic (exact) mass is 342 g/mol. The van der Waals surface area contributed by atoms with Gasteiger partial charge < -0.3 is 14.5 Å². The molecule has 2 fully saturated rings. The molecule has 0 aliphatic carbocycles. The predicted molar refractivity (Wildman–Crippen MR) is 95.0 cm³/mol. The molecule has 25 heavy (non-hydrogen) atoms. The van der Waals surface area contributed by atoms with E-state index in [-0.39, 0.29) is 17.9 Å². The summed E-state index contributed by atoms with van der Waals surface area (Å²) in [6.45, 7) is 7.76. The highest BCUT2D eigenvalue weighted by atomic mass is 16.5. The van der Waals surface area contributed by atoms with Gasteiger partial charge in [-0.2, -0.15) is 5.26 Å². The van der Waals surface area contributed by atoms with Crippen LogP contribution in [-0.4, -0.2) is 54.7 Å². The number of piperazine rings is 1. The first kappa shape index (κ1) is 17.7. The Labute approximate surface area is 149 Å². The lowest BCUT2D eigenvalue weighted by atomic mass is 9.86. The van der Waals surface area contributed by atoms with Crippen molar-refractivity contribution in [3.05, 3.63) is 23.9 Å². The van der Waals surface area contributed by atoms with Crippen LogP contribution >= 0.6 is 0 Å². The molecule has 6 nitrogen and oxygen atoms in total. The van der Waals surface area contributed by atoms with Gasteiger partial charge in [0.2, 0.25) is 5.91 Å². The van der Waals surface area contributed by atoms with E-state index in [4.69, 9.17) is 4.74 Å². The number of aromatic nitrogens is 1. The molecule has 2 aliphatic rings. The van der Waals surface area contributed by atoms with Crippen LogP contribution in [0.5, 0.6) is 0 Å². The van der Waals surface area contributed by atoms with Crippen molar-refractivity contribution in [1.82, 2.24) is 9.88 Å². The third kappa shape index (κ3) is 3.77. The highest BCUT2D eigenvalue weighted by molar-refractivity contribution is 5.80. The minimum absolute atomic E-state index is 0.0233. The topological polar surface area (TPSA) is 69.5 Å². The summed E-state index contributed by atoms with van der Waals surface area (Å²) in [6.07, 6.45) is 3.61. The van der Waals surface area contributed by atoms with Crippen molar-refractivity contribution >= 4 is 11.7 Å². The van der Waals surface area contributed by atoms with Gasteiger partial charge in [0.25, 0.3) is 0 Å². The van der Waals surface area contributed by atoms with Crippen LogP contribution < -0.4 is 4.90 Å². The van der Waals surface area contributed by atoms with Crippen LogP contribution in [0.3, 0.4) is 0 Å². The number of hydrogen-bond acceptors (Lipinski definition) is 5. The Balaban J connectivity index is 1.64. The average molecular weight is 342 g/mol. The number of amides is 1. The van der Waals surface area contributed by atoms with E-state index in [2.05, 4.69) is 29.8 Å². The first-order chi connectivity index (χ1) is 12.1. The molecule has 134 valence electrons. The zero-order valence-corrected chi connectivity index (χ0v) is 15.0. The summed E-state index contributed by atoms with van der Waals surface area (Å²) >= 11 is 0. The second-order valence-corrected chi connectivity index (χ2v) is 7.13. The quantitative estimate of drug-likeness (QED) is 0.841. The molecule has 0 bridgehead atoms. The number of rotatable bonds is 3. The van der Waals surface area contributed by atoms with Gasteiger partial charge in [-0.05, 0) is 30.9 Å². The van der Waals surface area contributed by atoms with E-state index in [0.29, 0.717) is 37.7 Å². The number of anilines is 1. The zero-order chi connectivity index (χ0) is 17.8. The first-order valence-electron chi connectivity index (χ1n) is 9.12. The van der Waals surface area contributed by atoms with Gasteiger partial charge in [-0.15, -0.1) is 0 Å². The number of carbonyl (C=O) groups excluding carboxylic acids is 1. The van der Waals surface area contributed by atoms with E-state index < -0.39 is 0 Å². The van der Waals surface area contributed by atoms with Crippen LogP contribution in [0.1, 0.15) is 32.3 Å². The van der Waals surface area contributed by atoms with E-state index in [0.717, 1.165) is 25.3 Å². The van der Waals surface area contributed by atoms with Crippen LogP contribution in [0.4, 0.5) is 5.82 Å². The van der Waals surface area contributed by atoms with Crippen molar-refractivity contribution in [1.29, 1.82) is 5.26 Å². The fourth-order valence-electron chi connectivity index (χ4n) is 3.83. The zero-order valence-electron chi connectivity index (χ0n) is 15.0. The SMILES string of the molecule is CC(C)C1OCCCC1C(=O)N1CCN(c2ncccc2C#N)CC1. The summed E-state index contributed by atoms with van der Waals surface area (Å²) in [5.74, 6) is 1.27. The van der Waals surface area contributed by atoms with E-state index >= 15 is 0 Å². The molecular weight excluding hydrogens is 316 g/mol. The molecule has 2 aliphatic heterocycles. The highest BCUT2D eigenvalue weighted by Gasteiger charge is 2.37. The average Bonchev–Trinajstić information content (AvgIpc) is 2.67. The number of ether oxygens (including phenoxy) is 1. The van der Waals surface area contributed by atoms with Gasteiger partial charge in [-0.3, -0.25) is 4.79 Å². The summed E-state index contributed by atoms with van der Waals surface area (Å²) in [7, 11) is 0. The molecule has 0 saturated carbocycles. The van der Waals surface area contributed by atoms with Crippen molar-refractivity contribution in [3.8, 4) is 6.07 Å². The maximum Gasteiger partial charge on any atom is 0.228 e. The lowest BCUT2D eigenvalue weighted by Gasteiger charge is -2.40. The van der Waals surface area contributed by atoms with Crippen molar-refractivity contribution in [2.75, 3.05) is 37.7 Å². The summed E-state index contributed by atoms with van der Waals surface area (Å²) in [4.78, 5) is 21.4. The van der Waals surface area contributed by atoms with Crippen LogP contribution in [0.25, 0.3) is 0 Å². The normalized spacial score (nSPS) is 24.2. The van der Waals surface area contributed by atoms with E-state index in [1.54, 1.807) is 18.3 Å². The summed E-state index contributed by atoms with van der Waals surface area (Å²) in [6, 6.07) is 5.75. The van der Waals surface area contributed by atoms with E-state index in [1.165, 1.54) is 0 Å². The highest BCUT2D eigenvalue weighted by Crippen LogP contribution is 2.28. The lowest BCUT2D eigenvalue weighted by Crippen LogP contribution is -2.53. The molecule has 2 atom stereocenters. The fourth-order valence-corrected chi connectivity index (χ4v) is 3.83. The Kier molecular flexibility index (Phi) is 5.54. The second-order valence-electron chi connectivity index (χ2n) is 7.13. The molecule has 0 radical (unpaired) electrons. The second kappa shape index (κ2) is 7.83. The maximum atomic E-state index is 13.0. The number of pyridine rings is 1. The maximum absolute atomic E-state index is 13.0. The summed E-state index contributed by atoms with van der Waals surface area (Å²) in [5, 5.41) is 9.25. The van der Waals surface area contributed by atoms with Crippen LogP contribution in [0.15, 0.2) is 18.3 Å². The van der Waals surface area contributed by atoms with Gasteiger partial charge in [-0.25, -0.2) is 4.98 Å². The molecule has 2 saturated heterocycles. The third-order valence-corrected chi connectivity index (χ3v) is 5.14. The van der Waals surface area contributed by atoms with Gasteiger partial charge >= 0.3 is 0 Å². The first-order valence-corrected chi connectivity index (χ1v) is 9.12. The molecule has 0 N–H and O–H groups in total. The van der Waals surface area contributed by atoms with Crippen molar-refractivity contribution in [2.45, 2.75) is 32.8 Å². The molecule has 6 heteroatoms. The Hall–Kier alpha value is -2.13. The largest absolute Gasteiger partial charge is 0.377 e. The molecule has 1 aromatic heterocycles. The van der Waals surface area contributed by atoms with Crippen LogP contribution in [0.2, 0.25) is 0 Å². The summed E-state index contributed by atoms with van der Waals surface area (Å²) < 4.78 is 5.88. The number of carbonyl (C=O) groups is 1. The molecule has 0 spiro atoms. The third-order valence-electron chi connectivity index (χ3n) is 5.14. The number of nitrogens with zero attached hydrogens (tertiary/aromatic N) is 4. The molecule has 1 amide bonds. The van der Waals surface area contributed by atoms with Crippen molar-refractivity contribution < 1.29 is 9.53 Å². The number of hydrogen-bond donors (Lipinski definition) is 0. The Morgan fingerprint density at radius 1 is 1.36 bits per heavy atom. The van der Waals surface area contributed by atoms with Gasteiger partial charge in [0.05, 0.1) is 17.6 Å². The lowest BCUT2D eigenvalue weighted by molar-refractivity contribution is -0.148. The van der Waals surface area contributed by atoms with Crippen LogP contribution in [0, 0.1) is 23.2 Å². The molecular formula is C19H26N4O2. The van der Waals surface area contributed by atoms with E-state index in [1.807, 2.05) is 4.90 Å². The smallest absolute Gasteiger partial charge is 0.228 e.